The lowest BCUT2D eigenvalue weighted by atomic mass is 10.00. The Bertz CT molecular complexity index is 359. The number of amides is 1. The van der Waals surface area contributed by atoms with Crippen LogP contribution in [0.2, 0.25) is 0 Å². The number of nitrogens with two attached hydrogens (primary N) is 1. The molecule has 1 amide bonds. The number of hydrogen-bond donors (Lipinski definition) is 2. The molecule has 3 nitrogen and oxygen atoms in total. The third kappa shape index (κ3) is 2.98. The van der Waals surface area contributed by atoms with E-state index in [0.29, 0.717) is 17.2 Å². The zero-order valence-electron chi connectivity index (χ0n) is 9.50. The lowest BCUT2D eigenvalue weighted by Crippen LogP contribution is -2.18. The first-order valence-electron chi connectivity index (χ1n) is 5.15. The molecule has 0 saturated heterocycles. The SMILES string of the molecule is CNC(=O)c1ccc(CC(C)C)c(N)c1. The average molecular weight is 206 g/mol. The summed E-state index contributed by atoms with van der Waals surface area (Å²) in [5.74, 6) is 0.468. The smallest absolute Gasteiger partial charge is 0.251 e. The van der Waals surface area contributed by atoms with Gasteiger partial charge in [0.25, 0.3) is 5.91 Å². The third-order valence-electron chi connectivity index (χ3n) is 2.26. The molecule has 1 rings (SSSR count). The second-order valence-corrected chi connectivity index (χ2v) is 4.09. The zero-order chi connectivity index (χ0) is 11.4. The molecular formula is C12H18N2O. The van der Waals surface area contributed by atoms with Gasteiger partial charge in [-0.1, -0.05) is 19.9 Å². The Hall–Kier alpha value is -1.51. The Morgan fingerprint density at radius 2 is 2.13 bits per heavy atom. The Balaban J connectivity index is 2.93. The maximum absolute atomic E-state index is 11.3. The van der Waals surface area contributed by atoms with E-state index in [0.717, 1.165) is 12.0 Å². The number of anilines is 1. The molecule has 0 fully saturated rings. The van der Waals surface area contributed by atoms with Crippen molar-refractivity contribution in [3.8, 4) is 0 Å². The molecule has 15 heavy (non-hydrogen) atoms. The fourth-order valence-corrected chi connectivity index (χ4v) is 1.51. The van der Waals surface area contributed by atoms with E-state index in [1.807, 2.05) is 12.1 Å². The summed E-state index contributed by atoms with van der Waals surface area (Å²) in [4.78, 5) is 11.3. The monoisotopic (exact) mass is 206 g/mol. The molecule has 0 radical (unpaired) electrons. The first kappa shape index (κ1) is 11.6. The summed E-state index contributed by atoms with van der Waals surface area (Å²) in [6, 6.07) is 5.48. The molecule has 3 heteroatoms. The van der Waals surface area contributed by atoms with Crippen LogP contribution in [0.15, 0.2) is 18.2 Å². The average Bonchev–Trinajstić information content (AvgIpc) is 2.19. The van der Waals surface area contributed by atoms with Crippen molar-refractivity contribution in [1.82, 2.24) is 5.32 Å². The minimum atomic E-state index is -0.0993. The number of nitrogen functional groups attached to an aromatic ring is 1. The van der Waals surface area contributed by atoms with Gasteiger partial charge in [0.05, 0.1) is 0 Å². The summed E-state index contributed by atoms with van der Waals surface area (Å²) in [6.45, 7) is 4.29. The van der Waals surface area contributed by atoms with Crippen molar-refractivity contribution in [3.63, 3.8) is 0 Å². The molecule has 0 saturated carbocycles. The van der Waals surface area contributed by atoms with Gasteiger partial charge in [-0.3, -0.25) is 4.79 Å². The summed E-state index contributed by atoms with van der Waals surface area (Å²) in [5, 5.41) is 2.57. The molecule has 1 aromatic rings. The molecular weight excluding hydrogens is 188 g/mol. The summed E-state index contributed by atoms with van der Waals surface area (Å²) in [7, 11) is 1.61. The highest BCUT2D eigenvalue weighted by Gasteiger charge is 2.07. The highest BCUT2D eigenvalue weighted by molar-refractivity contribution is 5.95. The van der Waals surface area contributed by atoms with E-state index in [-0.39, 0.29) is 5.91 Å². The van der Waals surface area contributed by atoms with Gasteiger partial charge in [-0.2, -0.15) is 0 Å². The van der Waals surface area contributed by atoms with Gasteiger partial charge in [0.2, 0.25) is 0 Å². The Kier molecular flexibility index (Phi) is 3.72. The van der Waals surface area contributed by atoms with Gasteiger partial charge >= 0.3 is 0 Å². The molecule has 0 bridgehead atoms. The second kappa shape index (κ2) is 4.82. The second-order valence-electron chi connectivity index (χ2n) is 4.09. The maximum atomic E-state index is 11.3. The molecule has 0 aliphatic carbocycles. The van der Waals surface area contributed by atoms with E-state index in [1.165, 1.54) is 0 Å². The summed E-state index contributed by atoms with van der Waals surface area (Å²) in [5.41, 5.74) is 8.30. The van der Waals surface area contributed by atoms with Gasteiger partial charge in [0.15, 0.2) is 0 Å². The first-order chi connectivity index (χ1) is 7.04. The molecule has 0 spiro atoms. The van der Waals surface area contributed by atoms with Crippen LogP contribution in [-0.2, 0) is 6.42 Å². The Morgan fingerprint density at radius 1 is 1.47 bits per heavy atom. The summed E-state index contributed by atoms with van der Waals surface area (Å²) >= 11 is 0. The van der Waals surface area contributed by atoms with Crippen molar-refractivity contribution in [1.29, 1.82) is 0 Å². The van der Waals surface area contributed by atoms with Crippen molar-refractivity contribution in [2.45, 2.75) is 20.3 Å². The Labute approximate surface area is 90.7 Å². The molecule has 3 N–H and O–H groups in total. The van der Waals surface area contributed by atoms with E-state index in [1.54, 1.807) is 13.1 Å². The molecule has 0 aliphatic rings. The standard InChI is InChI=1S/C12H18N2O/c1-8(2)6-9-4-5-10(7-11(9)13)12(15)14-3/h4-5,7-8H,6,13H2,1-3H3,(H,14,15). The molecule has 0 heterocycles. The molecule has 0 aromatic heterocycles. The lowest BCUT2D eigenvalue weighted by molar-refractivity contribution is 0.0963. The van der Waals surface area contributed by atoms with E-state index < -0.39 is 0 Å². The van der Waals surface area contributed by atoms with Gasteiger partial charge in [-0.15, -0.1) is 0 Å². The Morgan fingerprint density at radius 3 is 2.60 bits per heavy atom. The third-order valence-corrected chi connectivity index (χ3v) is 2.26. The van der Waals surface area contributed by atoms with Crippen molar-refractivity contribution in [3.05, 3.63) is 29.3 Å². The number of benzene rings is 1. The van der Waals surface area contributed by atoms with Crippen molar-refractivity contribution >= 4 is 11.6 Å². The van der Waals surface area contributed by atoms with Crippen molar-refractivity contribution in [2.24, 2.45) is 5.92 Å². The number of rotatable bonds is 3. The van der Waals surface area contributed by atoms with Crippen LogP contribution in [0.1, 0.15) is 29.8 Å². The van der Waals surface area contributed by atoms with Crippen LogP contribution in [-0.4, -0.2) is 13.0 Å². The fourth-order valence-electron chi connectivity index (χ4n) is 1.51. The normalized spacial score (nSPS) is 10.4. The van der Waals surface area contributed by atoms with Crippen LogP contribution >= 0.6 is 0 Å². The van der Waals surface area contributed by atoms with Crippen LogP contribution in [0.25, 0.3) is 0 Å². The van der Waals surface area contributed by atoms with Crippen LogP contribution in [0.4, 0.5) is 5.69 Å². The quantitative estimate of drug-likeness (QED) is 0.741. The lowest BCUT2D eigenvalue weighted by Gasteiger charge is -2.09. The number of carbonyl (C=O) groups excluding carboxylic acids is 1. The fraction of sp³-hybridized carbons (Fsp3) is 0.417. The van der Waals surface area contributed by atoms with Crippen LogP contribution in [0.5, 0.6) is 0 Å². The predicted octanol–water partition coefficient (Wildman–Crippen LogP) is 1.83. The van der Waals surface area contributed by atoms with E-state index in [2.05, 4.69) is 19.2 Å². The minimum Gasteiger partial charge on any atom is -0.398 e. The number of hydrogen-bond acceptors (Lipinski definition) is 2. The highest BCUT2D eigenvalue weighted by atomic mass is 16.1. The zero-order valence-corrected chi connectivity index (χ0v) is 9.50. The minimum absolute atomic E-state index is 0.0993. The topological polar surface area (TPSA) is 55.1 Å². The van der Waals surface area contributed by atoms with Crippen LogP contribution in [0.3, 0.4) is 0 Å². The maximum Gasteiger partial charge on any atom is 0.251 e. The van der Waals surface area contributed by atoms with Gasteiger partial charge in [-0.25, -0.2) is 0 Å². The van der Waals surface area contributed by atoms with E-state index in [4.69, 9.17) is 5.73 Å². The number of nitrogens with one attached hydrogen (secondary N) is 1. The van der Waals surface area contributed by atoms with Gasteiger partial charge in [0, 0.05) is 18.3 Å². The van der Waals surface area contributed by atoms with E-state index in [9.17, 15) is 4.79 Å². The van der Waals surface area contributed by atoms with Crippen LogP contribution in [0, 0.1) is 5.92 Å². The first-order valence-corrected chi connectivity index (χ1v) is 5.15. The predicted molar refractivity (Wildman–Crippen MR) is 62.8 cm³/mol. The number of carbonyl (C=O) groups is 1. The summed E-state index contributed by atoms with van der Waals surface area (Å²) < 4.78 is 0. The largest absolute Gasteiger partial charge is 0.398 e. The van der Waals surface area contributed by atoms with E-state index >= 15 is 0 Å². The van der Waals surface area contributed by atoms with Crippen molar-refractivity contribution in [2.75, 3.05) is 12.8 Å². The van der Waals surface area contributed by atoms with Gasteiger partial charge in [0.1, 0.15) is 0 Å². The molecule has 82 valence electrons. The molecule has 0 atom stereocenters. The van der Waals surface area contributed by atoms with Crippen LogP contribution < -0.4 is 11.1 Å². The molecule has 1 aromatic carbocycles. The van der Waals surface area contributed by atoms with Gasteiger partial charge in [-0.05, 0) is 30.0 Å². The summed E-state index contributed by atoms with van der Waals surface area (Å²) in [6.07, 6.45) is 0.944. The highest BCUT2D eigenvalue weighted by Crippen LogP contribution is 2.17. The molecule has 0 unspecified atom stereocenters. The molecule has 0 aliphatic heterocycles. The van der Waals surface area contributed by atoms with Gasteiger partial charge < -0.3 is 11.1 Å². The van der Waals surface area contributed by atoms with Crippen molar-refractivity contribution < 1.29 is 4.79 Å².